The van der Waals surface area contributed by atoms with Gasteiger partial charge in [-0.05, 0) is 74.3 Å². The molecule has 2 unspecified atom stereocenters. The molecule has 0 amide bonds. The summed E-state index contributed by atoms with van der Waals surface area (Å²) in [5, 5.41) is 0. The fourth-order valence-electron chi connectivity index (χ4n) is 4.97. The average Bonchev–Trinajstić information content (AvgIpc) is 3.64. The van der Waals surface area contributed by atoms with Gasteiger partial charge in [0.25, 0.3) is 0 Å². The molecule has 5 nitrogen and oxygen atoms in total. The Morgan fingerprint density at radius 1 is 1.13 bits per heavy atom. The van der Waals surface area contributed by atoms with Gasteiger partial charge >= 0.3 is 0 Å². The summed E-state index contributed by atoms with van der Waals surface area (Å²) < 4.78 is 13.6. The highest BCUT2D eigenvalue weighted by atomic mass is 16.5. The van der Waals surface area contributed by atoms with E-state index in [-0.39, 0.29) is 11.5 Å². The van der Waals surface area contributed by atoms with E-state index in [0.29, 0.717) is 11.8 Å². The van der Waals surface area contributed by atoms with Crippen LogP contribution in [0.15, 0.2) is 47.6 Å². The highest BCUT2D eigenvalue weighted by Gasteiger charge is 2.36. The van der Waals surface area contributed by atoms with E-state index < -0.39 is 0 Å². The van der Waals surface area contributed by atoms with E-state index in [1.165, 1.54) is 41.7 Å². The van der Waals surface area contributed by atoms with Gasteiger partial charge in [0, 0.05) is 30.2 Å². The molecule has 0 bridgehead atoms. The van der Waals surface area contributed by atoms with Gasteiger partial charge in [-0.2, -0.15) is 0 Å². The fraction of sp³-hybridized carbons (Fsp3) is 0.576. The van der Waals surface area contributed by atoms with Gasteiger partial charge < -0.3 is 14.0 Å². The number of rotatable bonds is 9. The van der Waals surface area contributed by atoms with Crippen molar-refractivity contribution in [3.8, 4) is 5.75 Å². The Kier molecular flexibility index (Phi) is 10.0. The Bertz CT molecular complexity index is 1180. The van der Waals surface area contributed by atoms with Crippen molar-refractivity contribution in [2.75, 3.05) is 14.2 Å². The quantitative estimate of drug-likeness (QED) is 0.313. The second kappa shape index (κ2) is 12.8. The lowest BCUT2D eigenvalue weighted by Crippen LogP contribution is -2.31. The highest BCUT2D eigenvalue weighted by molar-refractivity contribution is 5.91. The van der Waals surface area contributed by atoms with Gasteiger partial charge in [-0.1, -0.05) is 53.2 Å². The minimum atomic E-state index is -0.108. The molecule has 2 aliphatic carbocycles. The van der Waals surface area contributed by atoms with Gasteiger partial charge in [0.2, 0.25) is 0 Å². The van der Waals surface area contributed by atoms with E-state index in [0.717, 1.165) is 35.7 Å². The number of hydrogen-bond donors (Lipinski definition) is 0. The Morgan fingerprint density at radius 2 is 1.82 bits per heavy atom. The molecule has 0 radical (unpaired) electrons. The summed E-state index contributed by atoms with van der Waals surface area (Å²) >= 11 is 0. The van der Waals surface area contributed by atoms with E-state index >= 15 is 0 Å². The zero-order valence-corrected chi connectivity index (χ0v) is 25.4. The lowest BCUT2D eigenvalue weighted by Gasteiger charge is -2.35. The number of methoxy groups -OCH3 is 2. The highest BCUT2D eigenvalue weighted by Crippen LogP contribution is 2.41. The maximum atomic E-state index is 5.87. The Balaban J connectivity index is 0.00000127. The largest absolute Gasteiger partial charge is 0.499 e. The van der Waals surface area contributed by atoms with Crippen molar-refractivity contribution in [2.45, 2.75) is 99.5 Å². The molecule has 2 atom stereocenters. The molecule has 1 aromatic heterocycles. The Hall–Kier alpha value is -2.82. The maximum Gasteiger partial charge on any atom is 0.122 e. The van der Waals surface area contributed by atoms with E-state index in [2.05, 4.69) is 77.7 Å². The minimum Gasteiger partial charge on any atom is -0.499 e. The Morgan fingerprint density at radius 3 is 2.34 bits per heavy atom. The molecule has 0 saturated heterocycles. The van der Waals surface area contributed by atoms with Crippen molar-refractivity contribution >= 4 is 11.4 Å². The van der Waals surface area contributed by atoms with E-state index in [4.69, 9.17) is 14.5 Å². The normalized spacial score (nSPS) is 20.3. The van der Waals surface area contributed by atoms with Crippen LogP contribution in [0.4, 0.5) is 0 Å². The summed E-state index contributed by atoms with van der Waals surface area (Å²) in [6, 6.07) is 4.68. The molecule has 1 aromatic carbocycles. The lowest BCUT2D eigenvalue weighted by molar-refractivity contribution is 0.225. The predicted octanol–water partition coefficient (Wildman–Crippen LogP) is 8.31. The molecule has 1 heterocycles. The van der Waals surface area contributed by atoms with E-state index in [1.54, 1.807) is 14.2 Å². The summed E-state index contributed by atoms with van der Waals surface area (Å²) in [6.07, 6.45) is 13.9. The molecular weight excluding hydrogens is 470 g/mol. The van der Waals surface area contributed by atoms with Crippen molar-refractivity contribution in [3.63, 3.8) is 0 Å². The van der Waals surface area contributed by atoms with Gasteiger partial charge in [0.05, 0.1) is 38.0 Å². The van der Waals surface area contributed by atoms with E-state index in [9.17, 15) is 0 Å². The second-order valence-corrected chi connectivity index (χ2v) is 11.6. The molecule has 2 aliphatic rings. The summed E-state index contributed by atoms with van der Waals surface area (Å²) in [5.41, 5.74) is 7.20. The number of nitrogens with zero attached hydrogens (tertiary/aromatic N) is 3. The zero-order valence-electron chi connectivity index (χ0n) is 25.4. The van der Waals surface area contributed by atoms with Crippen LogP contribution in [0.3, 0.4) is 0 Å². The SMILES string of the molecule is CCC.COC1=C(n2cnc(C)c2)C=CC(C)(C(C)N=C(Cc2cc(C(C)C)c(OC)cc2C)C2CC2)C1. The molecule has 208 valence electrons. The first-order chi connectivity index (χ1) is 18.1. The first-order valence-electron chi connectivity index (χ1n) is 14.3. The van der Waals surface area contributed by atoms with Gasteiger partial charge in [-0.25, -0.2) is 4.98 Å². The van der Waals surface area contributed by atoms with Crippen LogP contribution in [-0.4, -0.2) is 35.5 Å². The van der Waals surface area contributed by atoms with Crippen molar-refractivity contribution in [3.05, 3.63) is 65.0 Å². The maximum absolute atomic E-state index is 5.87. The number of aryl methyl sites for hydroxylation is 2. The number of imidazole rings is 1. The summed E-state index contributed by atoms with van der Waals surface area (Å²) in [5.74, 6) is 3.00. The van der Waals surface area contributed by atoms with Crippen LogP contribution in [0, 0.1) is 25.2 Å². The predicted molar refractivity (Wildman–Crippen MR) is 160 cm³/mol. The third-order valence-electron chi connectivity index (χ3n) is 7.73. The summed E-state index contributed by atoms with van der Waals surface area (Å²) in [7, 11) is 3.53. The molecule has 0 aliphatic heterocycles. The van der Waals surface area contributed by atoms with Gasteiger partial charge in [0.15, 0.2) is 0 Å². The number of benzene rings is 1. The third-order valence-corrected chi connectivity index (χ3v) is 7.73. The fourth-order valence-corrected chi connectivity index (χ4v) is 4.97. The first kappa shape index (κ1) is 29.7. The zero-order chi connectivity index (χ0) is 28.0. The van der Waals surface area contributed by atoms with Crippen LogP contribution in [0.1, 0.15) is 95.5 Å². The van der Waals surface area contributed by atoms with Crippen LogP contribution >= 0.6 is 0 Å². The van der Waals surface area contributed by atoms with E-state index in [1.807, 2.05) is 24.0 Å². The van der Waals surface area contributed by atoms with Crippen molar-refractivity contribution in [1.29, 1.82) is 0 Å². The van der Waals surface area contributed by atoms with Crippen molar-refractivity contribution in [2.24, 2.45) is 16.3 Å². The van der Waals surface area contributed by atoms with Gasteiger partial charge in [-0.15, -0.1) is 0 Å². The third kappa shape index (κ3) is 6.98. The Labute approximate surface area is 231 Å². The molecule has 0 spiro atoms. The monoisotopic (exact) mass is 519 g/mol. The van der Waals surface area contributed by atoms with Crippen LogP contribution < -0.4 is 4.74 Å². The van der Waals surface area contributed by atoms with Crippen LogP contribution in [-0.2, 0) is 11.2 Å². The second-order valence-electron chi connectivity index (χ2n) is 11.6. The number of aromatic nitrogens is 2. The van der Waals surface area contributed by atoms with Crippen LogP contribution in [0.25, 0.3) is 5.70 Å². The van der Waals surface area contributed by atoms with Crippen LogP contribution in [0.5, 0.6) is 5.75 Å². The summed E-state index contributed by atoms with van der Waals surface area (Å²) in [6.45, 7) is 17.5. The number of allylic oxidation sites excluding steroid dienone is 3. The molecule has 38 heavy (non-hydrogen) atoms. The number of hydrogen-bond acceptors (Lipinski definition) is 4. The number of ether oxygens (including phenoxy) is 2. The molecule has 5 heteroatoms. The minimum absolute atomic E-state index is 0.108. The smallest absolute Gasteiger partial charge is 0.122 e. The number of aliphatic imine (C=N–C) groups is 1. The van der Waals surface area contributed by atoms with Gasteiger partial charge in [0.1, 0.15) is 11.5 Å². The standard InChI is InChI=1S/C30H41N3O2.C3H8/c1-19(2)25-14-24(20(3)13-28(25)34-7)15-26(23-9-10-23)32-22(5)30(6)12-11-27(29(16-30)35-8)33-17-21(4)31-18-33;1-3-2/h11-14,17-19,22-23H,9-10,15-16H2,1-8H3;3H2,1-2H3. The molecule has 1 fully saturated rings. The van der Waals surface area contributed by atoms with Crippen LogP contribution in [0.2, 0.25) is 0 Å². The first-order valence-corrected chi connectivity index (χ1v) is 14.3. The molecule has 2 aromatic rings. The summed E-state index contributed by atoms with van der Waals surface area (Å²) in [4.78, 5) is 9.78. The molecule has 1 saturated carbocycles. The lowest BCUT2D eigenvalue weighted by atomic mass is 9.76. The molecule has 0 N–H and O–H groups in total. The average molecular weight is 520 g/mol. The molecular formula is C33H49N3O2. The van der Waals surface area contributed by atoms with Crippen molar-refractivity contribution in [1.82, 2.24) is 9.55 Å². The van der Waals surface area contributed by atoms with Gasteiger partial charge in [-0.3, -0.25) is 4.99 Å². The van der Waals surface area contributed by atoms with Crippen molar-refractivity contribution < 1.29 is 9.47 Å². The topological polar surface area (TPSA) is 48.6 Å². The molecule has 4 rings (SSSR count).